The largest absolute Gasteiger partial charge is 0.392 e. The molecule has 82 valence electrons. The van der Waals surface area contributed by atoms with Crippen molar-refractivity contribution in [2.24, 2.45) is 0 Å². The molecule has 3 heteroatoms. The summed E-state index contributed by atoms with van der Waals surface area (Å²) in [7, 11) is 0. The topological polar surface area (TPSA) is 52.5 Å². The summed E-state index contributed by atoms with van der Waals surface area (Å²) in [5.74, 6) is 0. The molecule has 3 nitrogen and oxygen atoms in total. The van der Waals surface area contributed by atoms with Crippen molar-refractivity contribution >= 4 is 0 Å². The molecule has 1 fully saturated rings. The van der Waals surface area contributed by atoms with E-state index in [-0.39, 0.29) is 18.8 Å². The van der Waals surface area contributed by atoms with E-state index in [1.54, 1.807) is 0 Å². The highest BCUT2D eigenvalue weighted by Crippen LogP contribution is 2.30. The zero-order valence-corrected chi connectivity index (χ0v) is 9.30. The van der Waals surface area contributed by atoms with Gasteiger partial charge in [-0.15, -0.1) is 0 Å². The summed E-state index contributed by atoms with van der Waals surface area (Å²) in [4.78, 5) is 0. The van der Waals surface area contributed by atoms with E-state index in [4.69, 9.17) is 10.2 Å². The fraction of sp³-hybridized carbons (Fsp3) is 0.818. The van der Waals surface area contributed by atoms with Crippen LogP contribution in [-0.4, -0.2) is 35.0 Å². The van der Waals surface area contributed by atoms with Crippen LogP contribution in [0.4, 0.5) is 0 Å². The second-order valence-electron chi connectivity index (χ2n) is 5.02. The summed E-state index contributed by atoms with van der Waals surface area (Å²) in [5, 5.41) is 21.4. The van der Waals surface area contributed by atoms with Crippen molar-refractivity contribution < 1.29 is 10.2 Å². The maximum absolute atomic E-state index is 8.94. The van der Waals surface area contributed by atoms with Gasteiger partial charge in [0.1, 0.15) is 0 Å². The second kappa shape index (κ2) is 4.43. The zero-order valence-electron chi connectivity index (χ0n) is 9.30. The van der Waals surface area contributed by atoms with Gasteiger partial charge in [-0.3, -0.25) is 0 Å². The van der Waals surface area contributed by atoms with Crippen molar-refractivity contribution in [2.45, 2.75) is 45.2 Å². The Hall–Kier alpha value is -0.380. The van der Waals surface area contributed by atoms with Crippen LogP contribution < -0.4 is 5.32 Å². The van der Waals surface area contributed by atoms with Crippen LogP contribution in [0.15, 0.2) is 11.1 Å². The van der Waals surface area contributed by atoms with Gasteiger partial charge in [0.25, 0.3) is 0 Å². The van der Waals surface area contributed by atoms with E-state index in [2.05, 4.69) is 26.1 Å². The first-order valence-corrected chi connectivity index (χ1v) is 5.15. The van der Waals surface area contributed by atoms with Gasteiger partial charge in [-0.2, -0.15) is 0 Å². The number of aliphatic hydroxyl groups excluding tert-OH is 2. The Balaban J connectivity index is 2.40. The van der Waals surface area contributed by atoms with E-state index in [1.807, 2.05) is 0 Å². The summed E-state index contributed by atoms with van der Waals surface area (Å²) in [6, 6.07) is 0.512. The van der Waals surface area contributed by atoms with Gasteiger partial charge >= 0.3 is 0 Å². The molecule has 1 aliphatic rings. The monoisotopic (exact) mass is 199 g/mol. The van der Waals surface area contributed by atoms with Crippen molar-refractivity contribution in [1.29, 1.82) is 0 Å². The smallest absolute Gasteiger partial charge is 0.0666 e. The van der Waals surface area contributed by atoms with Gasteiger partial charge in [0.2, 0.25) is 0 Å². The third-order valence-electron chi connectivity index (χ3n) is 2.50. The van der Waals surface area contributed by atoms with E-state index < -0.39 is 0 Å². The fourth-order valence-electron chi connectivity index (χ4n) is 1.81. The van der Waals surface area contributed by atoms with E-state index in [0.29, 0.717) is 6.04 Å². The van der Waals surface area contributed by atoms with Crippen LogP contribution >= 0.6 is 0 Å². The Bertz CT molecular complexity index is 214. The van der Waals surface area contributed by atoms with Gasteiger partial charge in [-0.25, -0.2) is 0 Å². The van der Waals surface area contributed by atoms with Gasteiger partial charge < -0.3 is 15.5 Å². The maximum Gasteiger partial charge on any atom is 0.0666 e. The van der Waals surface area contributed by atoms with Gasteiger partial charge in [0, 0.05) is 11.6 Å². The number of nitrogens with one attached hydrogen (secondary N) is 1. The van der Waals surface area contributed by atoms with Crippen molar-refractivity contribution in [3.8, 4) is 0 Å². The SMILES string of the molecule is CC(C)(C)NC1CC(=C(CO)CO)C1. The average Bonchev–Trinajstić information content (AvgIpc) is 1.99. The molecule has 0 saturated heterocycles. The summed E-state index contributed by atoms with van der Waals surface area (Å²) in [6.07, 6.45) is 1.93. The van der Waals surface area contributed by atoms with Crippen LogP contribution in [0.25, 0.3) is 0 Å². The molecule has 1 rings (SSSR count). The lowest BCUT2D eigenvalue weighted by Gasteiger charge is -2.37. The molecular formula is C11H21NO2. The zero-order chi connectivity index (χ0) is 10.8. The molecular weight excluding hydrogens is 178 g/mol. The van der Waals surface area contributed by atoms with Crippen molar-refractivity contribution in [3.63, 3.8) is 0 Å². The Morgan fingerprint density at radius 2 is 1.79 bits per heavy atom. The molecule has 0 heterocycles. The minimum absolute atomic E-state index is 0.00588. The second-order valence-corrected chi connectivity index (χ2v) is 5.02. The maximum atomic E-state index is 8.94. The average molecular weight is 199 g/mol. The third-order valence-corrected chi connectivity index (χ3v) is 2.50. The first-order valence-electron chi connectivity index (χ1n) is 5.15. The molecule has 0 spiro atoms. The highest BCUT2D eigenvalue weighted by atomic mass is 16.3. The number of hydrogen-bond acceptors (Lipinski definition) is 3. The van der Waals surface area contributed by atoms with E-state index in [9.17, 15) is 0 Å². The molecule has 0 bridgehead atoms. The Morgan fingerprint density at radius 3 is 2.14 bits per heavy atom. The van der Waals surface area contributed by atoms with Crippen molar-refractivity contribution in [1.82, 2.24) is 5.32 Å². The van der Waals surface area contributed by atoms with Crippen molar-refractivity contribution in [2.75, 3.05) is 13.2 Å². The predicted molar refractivity (Wildman–Crippen MR) is 57.1 cm³/mol. The number of hydrogen-bond donors (Lipinski definition) is 3. The van der Waals surface area contributed by atoms with Crippen LogP contribution in [-0.2, 0) is 0 Å². The highest BCUT2D eigenvalue weighted by molar-refractivity contribution is 5.24. The Kier molecular flexibility index (Phi) is 3.70. The van der Waals surface area contributed by atoms with Crippen LogP contribution in [0.2, 0.25) is 0 Å². The van der Waals surface area contributed by atoms with Crippen LogP contribution in [0.1, 0.15) is 33.6 Å². The molecule has 0 atom stereocenters. The molecule has 1 aliphatic carbocycles. The summed E-state index contributed by atoms with van der Waals surface area (Å²) < 4.78 is 0. The molecule has 14 heavy (non-hydrogen) atoms. The van der Waals surface area contributed by atoms with Crippen LogP contribution in [0.3, 0.4) is 0 Å². The van der Waals surface area contributed by atoms with Crippen molar-refractivity contribution in [3.05, 3.63) is 11.1 Å². The summed E-state index contributed by atoms with van der Waals surface area (Å²) in [6.45, 7) is 6.43. The normalized spacial score (nSPS) is 22.1. The van der Waals surface area contributed by atoms with E-state index in [0.717, 1.165) is 18.4 Å². The molecule has 0 amide bonds. The first-order chi connectivity index (χ1) is 6.46. The lowest BCUT2D eigenvalue weighted by molar-refractivity contribution is 0.261. The number of rotatable bonds is 3. The van der Waals surface area contributed by atoms with Gasteiger partial charge in [0.05, 0.1) is 13.2 Å². The highest BCUT2D eigenvalue weighted by Gasteiger charge is 2.28. The van der Waals surface area contributed by atoms with Crippen LogP contribution in [0, 0.1) is 0 Å². The molecule has 0 aromatic carbocycles. The molecule has 0 aliphatic heterocycles. The minimum Gasteiger partial charge on any atom is -0.392 e. The van der Waals surface area contributed by atoms with Gasteiger partial charge in [0.15, 0.2) is 0 Å². The molecule has 0 aromatic heterocycles. The molecule has 0 radical (unpaired) electrons. The third kappa shape index (κ3) is 3.08. The summed E-state index contributed by atoms with van der Waals surface area (Å²) >= 11 is 0. The quantitative estimate of drug-likeness (QED) is 0.590. The fourth-order valence-corrected chi connectivity index (χ4v) is 1.81. The standard InChI is InChI=1S/C11H21NO2/c1-11(2,3)12-10-4-8(5-10)9(6-13)7-14/h10,12-14H,4-7H2,1-3H3. The Morgan fingerprint density at radius 1 is 1.29 bits per heavy atom. The Labute approximate surface area is 85.8 Å². The lowest BCUT2D eigenvalue weighted by atomic mass is 9.82. The first kappa shape index (κ1) is 11.7. The van der Waals surface area contributed by atoms with Crippen LogP contribution in [0.5, 0.6) is 0 Å². The molecule has 0 unspecified atom stereocenters. The number of aliphatic hydroxyl groups is 2. The lowest BCUT2D eigenvalue weighted by Crippen LogP contribution is -2.48. The van der Waals surface area contributed by atoms with E-state index >= 15 is 0 Å². The molecule has 3 N–H and O–H groups in total. The minimum atomic E-state index is -0.00588. The van der Waals surface area contributed by atoms with E-state index in [1.165, 1.54) is 5.57 Å². The summed E-state index contributed by atoms with van der Waals surface area (Å²) in [5.41, 5.74) is 2.17. The molecule has 1 saturated carbocycles. The predicted octanol–water partition coefficient (Wildman–Crippen LogP) is 0.818. The van der Waals surface area contributed by atoms with Gasteiger partial charge in [-0.1, -0.05) is 5.57 Å². The van der Waals surface area contributed by atoms with Gasteiger partial charge in [-0.05, 0) is 39.2 Å². The molecule has 0 aromatic rings.